The van der Waals surface area contributed by atoms with E-state index < -0.39 is 0 Å². The molecule has 1 fully saturated rings. The van der Waals surface area contributed by atoms with Crippen LogP contribution in [0.3, 0.4) is 0 Å². The van der Waals surface area contributed by atoms with Crippen LogP contribution >= 0.6 is 0 Å². The first-order chi connectivity index (χ1) is 10.0. The molecule has 6 nitrogen and oxygen atoms in total. The minimum Gasteiger partial charge on any atom is -0.496 e. The normalized spacial score (nSPS) is 15.8. The van der Waals surface area contributed by atoms with Crippen LogP contribution in [0.25, 0.3) is 0 Å². The zero-order valence-electron chi connectivity index (χ0n) is 12.2. The maximum atomic E-state index is 12.5. The average molecular weight is 291 g/mol. The van der Waals surface area contributed by atoms with Crippen LogP contribution in [0.4, 0.5) is 5.69 Å². The first-order valence-corrected chi connectivity index (χ1v) is 7.02. The van der Waals surface area contributed by atoms with Gasteiger partial charge in [0.15, 0.2) is 0 Å². The highest BCUT2D eigenvalue weighted by atomic mass is 16.5. The number of ether oxygens (including phenoxy) is 1. The number of nitrogens with zero attached hydrogens (tertiary/aromatic N) is 1. The molecule has 6 heteroatoms. The third kappa shape index (κ3) is 3.65. The number of methoxy groups -OCH3 is 1. The fourth-order valence-corrected chi connectivity index (χ4v) is 2.68. The van der Waals surface area contributed by atoms with E-state index in [0.717, 1.165) is 12.8 Å². The first kappa shape index (κ1) is 15.2. The SMILES string of the molecule is COc1cc(N)ccc1C(=O)N1CCC(CC(N)=O)CC1. The van der Waals surface area contributed by atoms with Gasteiger partial charge in [-0.1, -0.05) is 0 Å². The summed E-state index contributed by atoms with van der Waals surface area (Å²) in [5.74, 6) is 0.420. The van der Waals surface area contributed by atoms with Crippen molar-refractivity contribution in [2.75, 3.05) is 25.9 Å². The summed E-state index contributed by atoms with van der Waals surface area (Å²) in [5.41, 5.74) is 12.0. The molecule has 1 aliphatic heterocycles. The number of nitrogen functional groups attached to an aromatic ring is 1. The summed E-state index contributed by atoms with van der Waals surface area (Å²) >= 11 is 0. The Hall–Kier alpha value is -2.24. The quantitative estimate of drug-likeness (QED) is 0.809. The minimum absolute atomic E-state index is 0.0654. The van der Waals surface area contributed by atoms with Crippen molar-refractivity contribution in [1.29, 1.82) is 0 Å². The molecular weight excluding hydrogens is 270 g/mol. The van der Waals surface area contributed by atoms with E-state index in [2.05, 4.69) is 0 Å². The first-order valence-electron chi connectivity index (χ1n) is 7.02. The molecule has 2 rings (SSSR count). The van der Waals surface area contributed by atoms with Crippen LogP contribution in [0, 0.1) is 5.92 Å². The van der Waals surface area contributed by atoms with Gasteiger partial charge < -0.3 is 21.1 Å². The molecule has 0 aliphatic carbocycles. The molecule has 0 saturated carbocycles. The summed E-state index contributed by atoms with van der Waals surface area (Å²) in [4.78, 5) is 25.2. The van der Waals surface area contributed by atoms with Crippen LogP contribution in [-0.2, 0) is 4.79 Å². The van der Waals surface area contributed by atoms with Crippen LogP contribution in [-0.4, -0.2) is 36.9 Å². The number of anilines is 1. The van der Waals surface area contributed by atoms with Gasteiger partial charge in [0.2, 0.25) is 5.91 Å². The molecule has 21 heavy (non-hydrogen) atoms. The number of carbonyl (C=O) groups excluding carboxylic acids is 2. The van der Waals surface area contributed by atoms with Gasteiger partial charge in [-0.05, 0) is 30.9 Å². The zero-order valence-corrected chi connectivity index (χ0v) is 12.2. The largest absolute Gasteiger partial charge is 0.496 e. The summed E-state index contributed by atoms with van der Waals surface area (Å²) < 4.78 is 5.22. The van der Waals surface area contributed by atoms with Crippen molar-refractivity contribution in [2.45, 2.75) is 19.3 Å². The van der Waals surface area contributed by atoms with Crippen LogP contribution in [0.2, 0.25) is 0 Å². The highest BCUT2D eigenvalue weighted by Gasteiger charge is 2.26. The van der Waals surface area contributed by atoms with E-state index in [9.17, 15) is 9.59 Å². The molecule has 0 atom stereocenters. The zero-order chi connectivity index (χ0) is 15.4. The second-order valence-corrected chi connectivity index (χ2v) is 5.37. The third-order valence-electron chi connectivity index (χ3n) is 3.85. The number of amides is 2. The Morgan fingerprint density at radius 1 is 1.33 bits per heavy atom. The molecule has 1 aliphatic rings. The lowest BCUT2D eigenvalue weighted by Crippen LogP contribution is -2.39. The fraction of sp³-hybridized carbons (Fsp3) is 0.467. The van der Waals surface area contributed by atoms with Gasteiger partial charge in [0.1, 0.15) is 5.75 Å². The van der Waals surface area contributed by atoms with E-state index in [4.69, 9.17) is 16.2 Å². The van der Waals surface area contributed by atoms with Crippen molar-refractivity contribution in [3.05, 3.63) is 23.8 Å². The van der Waals surface area contributed by atoms with Crippen molar-refractivity contribution >= 4 is 17.5 Å². The van der Waals surface area contributed by atoms with E-state index in [1.54, 1.807) is 23.1 Å². The summed E-state index contributed by atoms with van der Waals surface area (Å²) in [7, 11) is 1.52. The second-order valence-electron chi connectivity index (χ2n) is 5.37. The lowest BCUT2D eigenvalue weighted by atomic mass is 9.93. The molecule has 114 valence electrons. The van der Waals surface area contributed by atoms with Gasteiger partial charge in [0, 0.05) is 31.3 Å². The van der Waals surface area contributed by atoms with Gasteiger partial charge in [0.05, 0.1) is 12.7 Å². The Labute approximate surface area is 124 Å². The Bertz CT molecular complexity index is 537. The van der Waals surface area contributed by atoms with Crippen LogP contribution in [0.15, 0.2) is 18.2 Å². The van der Waals surface area contributed by atoms with Crippen molar-refractivity contribution in [2.24, 2.45) is 11.7 Å². The summed E-state index contributed by atoms with van der Waals surface area (Å²) in [5, 5.41) is 0. The smallest absolute Gasteiger partial charge is 0.257 e. The maximum absolute atomic E-state index is 12.5. The molecule has 4 N–H and O–H groups in total. The molecule has 1 aromatic carbocycles. The van der Waals surface area contributed by atoms with Gasteiger partial charge in [-0.3, -0.25) is 9.59 Å². The molecule has 0 radical (unpaired) electrons. The standard InChI is InChI=1S/C15H21N3O3/c1-21-13-9-11(16)2-3-12(13)15(20)18-6-4-10(5-7-18)8-14(17)19/h2-3,9-10H,4-8,16H2,1H3,(H2,17,19). The van der Waals surface area contributed by atoms with E-state index >= 15 is 0 Å². The number of primary amides is 1. The van der Waals surface area contributed by atoms with Crippen LogP contribution in [0.1, 0.15) is 29.6 Å². The van der Waals surface area contributed by atoms with E-state index in [0.29, 0.717) is 36.5 Å². The lowest BCUT2D eigenvalue weighted by Gasteiger charge is -2.31. The van der Waals surface area contributed by atoms with E-state index in [1.807, 2.05) is 0 Å². The number of likely N-dealkylation sites (tertiary alicyclic amines) is 1. The topological polar surface area (TPSA) is 98.7 Å². The number of rotatable bonds is 4. The van der Waals surface area contributed by atoms with Crippen LogP contribution in [0.5, 0.6) is 5.75 Å². The highest BCUT2D eigenvalue weighted by molar-refractivity contribution is 5.97. The van der Waals surface area contributed by atoms with Gasteiger partial charge in [-0.15, -0.1) is 0 Å². The monoisotopic (exact) mass is 291 g/mol. The van der Waals surface area contributed by atoms with Gasteiger partial charge in [-0.25, -0.2) is 0 Å². The van der Waals surface area contributed by atoms with Gasteiger partial charge >= 0.3 is 0 Å². The predicted molar refractivity (Wildman–Crippen MR) is 79.8 cm³/mol. The number of hydrogen-bond acceptors (Lipinski definition) is 4. The van der Waals surface area contributed by atoms with Crippen molar-refractivity contribution in [1.82, 2.24) is 4.90 Å². The summed E-state index contributed by atoms with van der Waals surface area (Å²) in [6.45, 7) is 1.26. The van der Waals surface area contributed by atoms with Crippen molar-refractivity contribution < 1.29 is 14.3 Å². The Morgan fingerprint density at radius 2 is 2.00 bits per heavy atom. The average Bonchev–Trinajstić information content (AvgIpc) is 2.46. The predicted octanol–water partition coefficient (Wildman–Crippen LogP) is 1.00. The lowest BCUT2D eigenvalue weighted by molar-refractivity contribution is -0.119. The number of hydrogen-bond donors (Lipinski definition) is 2. The van der Waals surface area contributed by atoms with Crippen LogP contribution < -0.4 is 16.2 Å². The van der Waals surface area contributed by atoms with Crippen molar-refractivity contribution in [3.63, 3.8) is 0 Å². The van der Waals surface area contributed by atoms with E-state index in [-0.39, 0.29) is 17.7 Å². The molecule has 1 aromatic rings. The molecule has 1 saturated heterocycles. The Balaban J connectivity index is 2.03. The Kier molecular flexibility index (Phi) is 4.67. The van der Waals surface area contributed by atoms with E-state index in [1.165, 1.54) is 7.11 Å². The molecule has 0 aromatic heterocycles. The second kappa shape index (κ2) is 6.47. The maximum Gasteiger partial charge on any atom is 0.257 e. The van der Waals surface area contributed by atoms with Gasteiger partial charge in [-0.2, -0.15) is 0 Å². The Morgan fingerprint density at radius 3 is 2.57 bits per heavy atom. The number of benzene rings is 1. The van der Waals surface area contributed by atoms with Gasteiger partial charge in [0.25, 0.3) is 5.91 Å². The highest BCUT2D eigenvalue weighted by Crippen LogP contribution is 2.26. The summed E-state index contributed by atoms with van der Waals surface area (Å²) in [6.07, 6.45) is 1.99. The molecule has 1 heterocycles. The number of carbonyl (C=O) groups is 2. The number of piperidine rings is 1. The molecule has 0 bridgehead atoms. The number of nitrogens with two attached hydrogens (primary N) is 2. The summed E-state index contributed by atoms with van der Waals surface area (Å²) in [6, 6.07) is 5.02. The fourth-order valence-electron chi connectivity index (χ4n) is 2.68. The molecule has 2 amide bonds. The molecule has 0 spiro atoms. The van der Waals surface area contributed by atoms with Crippen molar-refractivity contribution in [3.8, 4) is 5.75 Å². The minimum atomic E-state index is -0.278. The molecule has 0 unspecified atom stereocenters. The third-order valence-corrected chi connectivity index (χ3v) is 3.85. The molecular formula is C15H21N3O3.